The number of aliphatic imine (C=N–C) groups is 1. The number of carbonyl (C=O) groups is 1. The first-order chi connectivity index (χ1) is 23.4. The van der Waals surface area contributed by atoms with Gasteiger partial charge in [-0.15, -0.1) is 0 Å². The lowest BCUT2D eigenvalue weighted by Crippen LogP contribution is -2.65. The van der Waals surface area contributed by atoms with E-state index in [0.29, 0.717) is 13.0 Å². The third-order valence-corrected chi connectivity index (χ3v) is 8.17. The number of methoxy groups -OCH3 is 1. The number of nitrogens with zero attached hydrogens (tertiary/aromatic N) is 1. The van der Waals surface area contributed by atoms with Gasteiger partial charge in [-0.05, 0) is 39.8 Å². The van der Waals surface area contributed by atoms with Crippen LogP contribution in [0.15, 0.2) is 114 Å². The molecule has 252 valence electrons. The van der Waals surface area contributed by atoms with Crippen molar-refractivity contribution in [2.45, 2.75) is 56.7 Å². The van der Waals surface area contributed by atoms with Crippen LogP contribution in [-0.4, -0.2) is 67.9 Å². The van der Waals surface area contributed by atoms with Crippen molar-refractivity contribution in [1.29, 1.82) is 0 Å². The maximum absolute atomic E-state index is 13.2. The van der Waals surface area contributed by atoms with Gasteiger partial charge in [0.15, 0.2) is 12.2 Å². The second kappa shape index (κ2) is 17.5. The van der Waals surface area contributed by atoms with Crippen LogP contribution in [0.1, 0.15) is 24.0 Å². The Kier molecular flexibility index (Phi) is 12.7. The van der Waals surface area contributed by atoms with Gasteiger partial charge in [-0.25, -0.2) is 0 Å². The van der Waals surface area contributed by atoms with Gasteiger partial charge in [-0.3, -0.25) is 9.79 Å². The average molecular weight is 653 g/mol. The van der Waals surface area contributed by atoms with Gasteiger partial charge >= 0.3 is 0 Å². The van der Waals surface area contributed by atoms with Crippen molar-refractivity contribution in [3.63, 3.8) is 0 Å². The Balaban J connectivity index is 1.32. The topological polar surface area (TPSA) is 151 Å². The van der Waals surface area contributed by atoms with Crippen molar-refractivity contribution in [2.24, 2.45) is 16.5 Å². The zero-order chi connectivity index (χ0) is 33.7. The highest BCUT2D eigenvalue weighted by molar-refractivity contribution is 5.77. The molecule has 0 spiro atoms. The summed E-state index contributed by atoms with van der Waals surface area (Å²) in [5.41, 5.74) is 17.1. The molecule has 5 atom stereocenters. The molecule has 1 unspecified atom stereocenters. The van der Waals surface area contributed by atoms with Crippen LogP contribution >= 0.6 is 0 Å². The predicted octanol–water partition coefficient (Wildman–Crippen LogP) is 4.39. The zero-order valence-corrected chi connectivity index (χ0v) is 27.1. The number of hydrogen-bond acceptors (Lipinski definition) is 7. The van der Waals surface area contributed by atoms with Gasteiger partial charge in [0.1, 0.15) is 24.4 Å². The van der Waals surface area contributed by atoms with E-state index in [2.05, 4.69) is 34.6 Å². The molecule has 4 aromatic rings. The number of nitrogens with one attached hydrogen (secondary N) is 1. The minimum atomic E-state index is -1.11. The van der Waals surface area contributed by atoms with Gasteiger partial charge in [0.05, 0.1) is 19.8 Å². The minimum Gasteiger partial charge on any atom is -0.388 e. The summed E-state index contributed by atoms with van der Waals surface area (Å²) in [7, 11) is 1.54. The fraction of sp³-hybridized carbons (Fsp3) is 0.316. The van der Waals surface area contributed by atoms with E-state index in [4.69, 9.17) is 30.4 Å². The predicted molar refractivity (Wildman–Crippen MR) is 186 cm³/mol. The summed E-state index contributed by atoms with van der Waals surface area (Å²) in [6.07, 6.45) is -3.06. The molecule has 0 aliphatic carbocycles. The molecular formula is C38H44N4O6. The van der Waals surface area contributed by atoms with Gasteiger partial charge in [0.25, 0.3) is 0 Å². The van der Waals surface area contributed by atoms with Crippen LogP contribution in [-0.2, 0) is 37.0 Å². The highest BCUT2D eigenvalue weighted by Crippen LogP contribution is 2.28. The Morgan fingerprint density at radius 3 is 1.83 bits per heavy atom. The average Bonchev–Trinajstić information content (AvgIpc) is 3.12. The van der Waals surface area contributed by atoms with Crippen LogP contribution < -0.4 is 16.8 Å². The summed E-state index contributed by atoms with van der Waals surface area (Å²) in [6, 6.07) is 35.5. The molecule has 1 aliphatic heterocycles. The van der Waals surface area contributed by atoms with Crippen molar-refractivity contribution in [3.8, 4) is 22.3 Å². The summed E-state index contributed by atoms with van der Waals surface area (Å²) in [6.45, 7) is 0.825. The molecule has 1 fully saturated rings. The van der Waals surface area contributed by atoms with Crippen molar-refractivity contribution in [2.75, 3.05) is 20.3 Å². The summed E-state index contributed by atoms with van der Waals surface area (Å²) < 4.78 is 24.3. The summed E-state index contributed by atoms with van der Waals surface area (Å²) in [4.78, 5) is 17.1. The summed E-state index contributed by atoms with van der Waals surface area (Å²) in [5, 5.41) is 14.5. The molecule has 0 saturated carbocycles. The van der Waals surface area contributed by atoms with E-state index < -0.39 is 30.6 Å². The Morgan fingerprint density at radius 1 is 0.792 bits per heavy atom. The first kappa shape index (κ1) is 34.7. The van der Waals surface area contributed by atoms with E-state index in [9.17, 15) is 9.90 Å². The molecule has 5 rings (SSSR count). The van der Waals surface area contributed by atoms with Crippen LogP contribution in [0, 0.1) is 0 Å². The van der Waals surface area contributed by atoms with Crippen LogP contribution in [0.25, 0.3) is 22.3 Å². The Labute approximate surface area is 281 Å². The molecular weight excluding hydrogens is 608 g/mol. The Bertz CT molecular complexity index is 1580. The molecule has 4 aromatic carbocycles. The van der Waals surface area contributed by atoms with Gasteiger partial charge in [0.2, 0.25) is 5.91 Å². The molecule has 6 N–H and O–H groups in total. The fourth-order valence-electron chi connectivity index (χ4n) is 5.64. The molecule has 1 heterocycles. The third kappa shape index (κ3) is 9.72. The number of rotatable bonds is 15. The number of nitrogens with two attached hydrogens (primary N) is 2. The zero-order valence-electron chi connectivity index (χ0n) is 27.1. The van der Waals surface area contributed by atoms with Crippen molar-refractivity contribution >= 4 is 11.9 Å². The number of amides is 1. The lowest BCUT2D eigenvalue weighted by atomic mass is 9.96. The summed E-state index contributed by atoms with van der Waals surface area (Å²) >= 11 is 0. The van der Waals surface area contributed by atoms with Crippen molar-refractivity contribution < 1.29 is 28.8 Å². The molecule has 48 heavy (non-hydrogen) atoms. The largest absolute Gasteiger partial charge is 0.388 e. The monoisotopic (exact) mass is 652 g/mol. The maximum Gasteiger partial charge on any atom is 0.220 e. The summed E-state index contributed by atoms with van der Waals surface area (Å²) in [5.74, 6) is -0.299. The molecule has 10 heteroatoms. The molecule has 0 aromatic heterocycles. The van der Waals surface area contributed by atoms with Gasteiger partial charge in [0, 0.05) is 20.1 Å². The molecule has 0 radical (unpaired) electrons. The highest BCUT2D eigenvalue weighted by atomic mass is 16.7. The minimum absolute atomic E-state index is 0.0288. The molecule has 1 amide bonds. The molecule has 0 bridgehead atoms. The van der Waals surface area contributed by atoms with Crippen molar-refractivity contribution in [3.05, 3.63) is 120 Å². The van der Waals surface area contributed by atoms with Crippen molar-refractivity contribution in [1.82, 2.24) is 5.32 Å². The lowest BCUT2D eigenvalue weighted by Gasteiger charge is -2.44. The number of hydrogen-bond donors (Lipinski definition) is 4. The van der Waals surface area contributed by atoms with E-state index in [1.54, 1.807) is 0 Å². The number of aliphatic hydroxyl groups excluding tert-OH is 1. The van der Waals surface area contributed by atoms with E-state index in [1.807, 2.05) is 84.9 Å². The van der Waals surface area contributed by atoms with Gasteiger partial charge < -0.3 is 40.8 Å². The molecule has 10 nitrogen and oxygen atoms in total. The highest BCUT2D eigenvalue weighted by Gasteiger charge is 2.47. The van der Waals surface area contributed by atoms with E-state index >= 15 is 0 Å². The number of ether oxygens (including phenoxy) is 4. The van der Waals surface area contributed by atoms with Crippen LogP contribution in [0.5, 0.6) is 0 Å². The number of carbonyl (C=O) groups excluding carboxylic acids is 1. The smallest absolute Gasteiger partial charge is 0.220 e. The Morgan fingerprint density at radius 2 is 1.31 bits per heavy atom. The molecule has 1 saturated heterocycles. The van der Waals surface area contributed by atoms with E-state index in [0.717, 1.165) is 33.4 Å². The van der Waals surface area contributed by atoms with Crippen LogP contribution in [0.3, 0.4) is 0 Å². The van der Waals surface area contributed by atoms with Gasteiger partial charge in [-0.2, -0.15) is 0 Å². The van der Waals surface area contributed by atoms with Gasteiger partial charge in [-0.1, -0.05) is 109 Å². The van der Waals surface area contributed by atoms with E-state index in [-0.39, 0.29) is 38.1 Å². The normalized spacial score (nSPS) is 20.6. The van der Waals surface area contributed by atoms with E-state index in [1.165, 1.54) is 7.11 Å². The Hall–Kier alpha value is -4.58. The first-order valence-electron chi connectivity index (χ1n) is 16.1. The maximum atomic E-state index is 13.2. The van der Waals surface area contributed by atoms with Crippen LogP contribution in [0.2, 0.25) is 0 Å². The second-order valence-corrected chi connectivity index (χ2v) is 11.7. The fourth-order valence-corrected chi connectivity index (χ4v) is 5.64. The standard InChI is InChI=1S/C38H44N4O6/c1-45-25-32-35(44)36(46-23-26-14-18-30(19-15-26)28-9-4-2-5-10-28)34(42-33(43)13-8-22-41-38(39)40)37(48-32)47-24-27-16-20-31(21-17-27)29-11-6-3-7-12-29/h2-7,9-12,14-21,32,34-37,44H,8,13,22-25H2,1H3,(H,42,43)(H4,39,40,41)/t32-,34-,35-,36-,37?/m1/s1. The third-order valence-electron chi connectivity index (χ3n) is 8.17. The second-order valence-electron chi connectivity index (χ2n) is 11.7. The first-order valence-corrected chi connectivity index (χ1v) is 16.1. The number of aliphatic hydroxyl groups is 1. The SMILES string of the molecule is COC[C@H]1OC(OCc2ccc(-c3ccccc3)cc2)[C@H](NC(=O)CCCN=C(N)N)[C@@H](OCc2ccc(-c3ccccc3)cc2)[C@@H]1O. The quantitative estimate of drug-likeness (QED) is 0.0839. The molecule has 1 aliphatic rings. The number of benzene rings is 4. The lowest BCUT2D eigenvalue weighted by molar-refractivity contribution is -0.282. The van der Waals surface area contributed by atoms with Crippen LogP contribution in [0.4, 0.5) is 0 Å². The number of guanidine groups is 1.